The molecule has 1 aromatic heterocycles. The van der Waals surface area contributed by atoms with Gasteiger partial charge in [0.15, 0.2) is 4.34 Å². The lowest BCUT2D eigenvalue weighted by molar-refractivity contribution is -0.116. The first kappa shape index (κ1) is 20.6. The molecule has 0 radical (unpaired) electrons. The fourth-order valence-corrected chi connectivity index (χ4v) is 4.99. The van der Waals surface area contributed by atoms with Gasteiger partial charge in [0.2, 0.25) is 11.0 Å². The number of aryl methyl sites for hydroxylation is 3. The second-order valence-corrected chi connectivity index (χ2v) is 9.39. The topological polar surface area (TPSA) is 75.2 Å². The summed E-state index contributed by atoms with van der Waals surface area (Å²) in [6, 6.07) is 13.6. The van der Waals surface area contributed by atoms with E-state index in [1.807, 2.05) is 49.1 Å². The van der Waals surface area contributed by atoms with Gasteiger partial charge in [0.1, 0.15) is 0 Å². The first-order chi connectivity index (χ1) is 14.5. The normalized spacial score (nSPS) is 13.1. The Kier molecular flexibility index (Phi) is 6.15. The van der Waals surface area contributed by atoms with Gasteiger partial charge in [-0.1, -0.05) is 47.4 Å². The van der Waals surface area contributed by atoms with Crippen LogP contribution in [0.3, 0.4) is 0 Å². The van der Waals surface area contributed by atoms with E-state index in [0.717, 1.165) is 36.2 Å². The van der Waals surface area contributed by atoms with Crippen LogP contribution in [0.4, 0.5) is 10.8 Å². The van der Waals surface area contributed by atoms with Gasteiger partial charge in [-0.25, -0.2) is 0 Å². The van der Waals surface area contributed by atoms with Crippen molar-refractivity contribution in [3.63, 3.8) is 0 Å². The van der Waals surface area contributed by atoms with Gasteiger partial charge in [-0.15, -0.1) is 10.2 Å². The number of thioether (sulfide) groups is 1. The minimum absolute atomic E-state index is 0.0584. The van der Waals surface area contributed by atoms with E-state index in [-0.39, 0.29) is 17.6 Å². The van der Waals surface area contributed by atoms with E-state index < -0.39 is 0 Å². The van der Waals surface area contributed by atoms with Gasteiger partial charge in [0.25, 0.3) is 5.91 Å². The van der Waals surface area contributed by atoms with Crippen LogP contribution in [-0.2, 0) is 11.2 Å². The number of rotatable bonds is 5. The van der Waals surface area contributed by atoms with Crippen LogP contribution in [0.1, 0.15) is 33.5 Å². The highest BCUT2D eigenvalue weighted by Gasteiger charge is 2.22. The maximum absolute atomic E-state index is 12.8. The van der Waals surface area contributed by atoms with Crippen LogP contribution >= 0.6 is 23.1 Å². The van der Waals surface area contributed by atoms with E-state index in [1.54, 1.807) is 6.07 Å². The summed E-state index contributed by atoms with van der Waals surface area (Å²) in [6.45, 7) is 4.72. The molecule has 1 aliphatic rings. The zero-order valence-electron chi connectivity index (χ0n) is 16.8. The molecule has 154 valence electrons. The first-order valence-corrected chi connectivity index (χ1v) is 11.5. The third-order valence-corrected chi connectivity index (χ3v) is 7.08. The van der Waals surface area contributed by atoms with Crippen LogP contribution in [0, 0.1) is 13.8 Å². The summed E-state index contributed by atoms with van der Waals surface area (Å²) in [5.74, 6) is 0.128. The fourth-order valence-electron chi connectivity index (χ4n) is 3.36. The van der Waals surface area contributed by atoms with Crippen LogP contribution in [0.25, 0.3) is 0 Å². The molecule has 2 heterocycles. The number of amides is 2. The Morgan fingerprint density at radius 1 is 1.13 bits per heavy atom. The molecule has 0 spiro atoms. The molecular weight excluding hydrogens is 416 g/mol. The van der Waals surface area contributed by atoms with Crippen molar-refractivity contribution in [1.82, 2.24) is 10.2 Å². The summed E-state index contributed by atoms with van der Waals surface area (Å²) in [5, 5.41) is 11.4. The number of para-hydroxylation sites is 1. The smallest absolute Gasteiger partial charge is 0.257 e. The lowest BCUT2D eigenvalue weighted by atomic mass is 10.0. The Labute approximate surface area is 183 Å². The molecule has 8 heteroatoms. The maximum atomic E-state index is 12.8. The molecule has 2 aromatic carbocycles. The number of nitrogens with zero attached hydrogens (tertiary/aromatic N) is 3. The Morgan fingerprint density at radius 2 is 1.97 bits per heavy atom. The molecule has 30 heavy (non-hydrogen) atoms. The van der Waals surface area contributed by atoms with Crippen LogP contribution in [0.15, 0.2) is 46.8 Å². The average molecular weight is 439 g/mol. The van der Waals surface area contributed by atoms with Crippen molar-refractivity contribution in [3.8, 4) is 0 Å². The number of aromatic nitrogens is 2. The van der Waals surface area contributed by atoms with Gasteiger partial charge in [-0.2, -0.15) is 0 Å². The standard InChI is InChI=1S/C22H22N4O2S2/c1-14-9-10-17(12-15(14)2)20(28)23-21-24-25-22(30-21)29-13-19(27)26-11-5-7-16-6-3-4-8-18(16)26/h3-4,6,8-10,12H,5,7,11,13H2,1-2H3,(H,23,24,28). The number of hydrogen-bond acceptors (Lipinski definition) is 6. The van der Waals surface area contributed by atoms with E-state index in [0.29, 0.717) is 15.0 Å². The summed E-state index contributed by atoms with van der Waals surface area (Å²) in [5.41, 5.74) is 5.01. The second kappa shape index (κ2) is 8.97. The summed E-state index contributed by atoms with van der Waals surface area (Å²) in [4.78, 5) is 27.0. The van der Waals surface area contributed by atoms with Crippen LogP contribution in [0.5, 0.6) is 0 Å². The van der Waals surface area contributed by atoms with E-state index >= 15 is 0 Å². The predicted octanol–water partition coefficient (Wildman–Crippen LogP) is 4.48. The molecule has 0 aliphatic carbocycles. The van der Waals surface area contributed by atoms with Gasteiger partial charge >= 0.3 is 0 Å². The summed E-state index contributed by atoms with van der Waals surface area (Å²) >= 11 is 2.62. The molecule has 0 bridgehead atoms. The van der Waals surface area contributed by atoms with Crippen molar-refractivity contribution in [3.05, 3.63) is 64.7 Å². The second-order valence-electron chi connectivity index (χ2n) is 7.19. The summed E-state index contributed by atoms with van der Waals surface area (Å²) in [7, 11) is 0. The molecule has 2 amide bonds. The summed E-state index contributed by atoms with van der Waals surface area (Å²) in [6.07, 6.45) is 1.98. The highest BCUT2D eigenvalue weighted by molar-refractivity contribution is 8.01. The van der Waals surface area contributed by atoms with Gasteiger partial charge in [0, 0.05) is 17.8 Å². The predicted molar refractivity (Wildman–Crippen MR) is 122 cm³/mol. The molecule has 0 saturated heterocycles. The van der Waals surface area contributed by atoms with Crippen molar-refractivity contribution < 1.29 is 9.59 Å². The molecular formula is C22H22N4O2S2. The van der Waals surface area contributed by atoms with Crippen LogP contribution in [-0.4, -0.2) is 34.3 Å². The molecule has 4 rings (SSSR count). The minimum Gasteiger partial charge on any atom is -0.311 e. The number of fused-ring (bicyclic) bond motifs is 1. The van der Waals surface area contributed by atoms with Crippen molar-refractivity contribution in [2.75, 3.05) is 22.5 Å². The largest absolute Gasteiger partial charge is 0.311 e. The lowest BCUT2D eigenvalue weighted by Gasteiger charge is -2.29. The van der Waals surface area contributed by atoms with Crippen molar-refractivity contribution in [1.29, 1.82) is 0 Å². The van der Waals surface area contributed by atoms with Crippen LogP contribution in [0.2, 0.25) is 0 Å². The number of nitrogens with one attached hydrogen (secondary N) is 1. The number of carbonyl (C=O) groups is 2. The van der Waals surface area contributed by atoms with Gasteiger partial charge < -0.3 is 4.90 Å². The van der Waals surface area contributed by atoms with E-state index in [1.165, 1.54) is 28.7 Å². The Balaban J connectivity index is 1.35. The molecule has 1 N–H and O–H groups in total. The van der Waals surface area contributed by atoms with E-state index in [2.05, 4.69) is 21.6 Å². The van der Waals surface area contributed by atoms with Crippen molar-refractivity contribution in [2.24, 2.45) is 0 Å². The minimum atomic E-state index is -0.216. The third kappa shape index (κ3) is 4.55. The van der Waals surface area contributed by atoms with Gasteiger partial charge in [-0.3, -0.25) is 14.9 Å². The van der Waals surface area contributed by atoms with E-state index in [9.17, 15) is 9.59 Å². The zero-order valence-corrected chi connectivity index (χ0v) is 18.5. The molecule has 3 aromatic rings. The first-order valence-electron chi connectivity index (χ1n) is 9.74. The number of carbonyl (C=O) groups excluding carboxylic acids is 2. The monoisotopic (exact) mass is 438 g/mol. The van der Waals surface area contributed by atoms with Crippen molar-refractivity contribution in [2.45, 2.75) is 31.0 Å². The average Bonchev–Trinajstić information content (AvgIpc) is 3.20. The molecule has 0 saturated carbocycles. The molecule has 0 atom stereocenters. The number of anilines is 2. The third-order valence-electron chi connectivity index (χ3n) is 5.13. The molecule has 1 aliphatic heterocycles. The number of benzene rings is 2. The SMILES string of the molecule is Cc1ccc(C(=O)Nc2nnc(SCC(=O)N3CCCc4ccccc43)s2)cc1C. The molecule has 6 nitrogen and oxygen atoms in total. The highest BCUT2D eigenvalue weighted by atomic mass is 32.2. The van der Waals surface area contributed by atoms with Crippen LogP contribution < -0.4 is 10.2 Å². The Bertz CT molecular complexity index is 1100. The zero-order chi connectivity index (χ0) is 21.1. The van der Waals surface area contributed by atoms with Crippen molar-refractivity contribution >= 4 is 45.7 Å². The quantitative estimate of drug-likeness (QED) is 0.470. The van der Waals surface area contributed by atoms with E-state index in [4.69, 9.17) is 0 Å². The maximum Gasteiger partial charge on any atom is 0.257 e. The highest BCUT2D eigenvalue weighted by Crippen LogP contribution is 2.30. The lowest BCUT2D eigenvalue weighted by Crippen LogP contribution is -2.36. The summed E-state index contributed by atoms with van der Waals surface area (Å²) < 4.78 is 0.657. The molecule has 0 unspecified atom stereocenters. The van der Waals surface area contributed by atoms with Gasteiger partial charge in [-0.05, 0) is 61.6 Å². The molecule has 0 fully saturated rings. The van der Waals surface area contributed by atoms with Gasteiger partial charge in [0.05, 0.1) is 5.75 Å². The Morgan fingerprint density at radius 3 is 2.80 bits per heavy atom. The number of hydrogen-bond donors (Lipinski definition) is 1. The fraction of sp³-hybridized carbons (Fsp3) is 0.273. The Hall–Kier alpha value is -2.71.